The van der Waals surface area contributed by atoms with Gasteiger partial charge in [-0.25, -0.2) is 9.65 Å². The van der Waals surface area contributed by atoms with Crippen LogP contribution in [0.15, 0.2) is 48.5 Å². The highest BCUT2D eigenvalue weighted by Crippen LogP contribution is 2.35. The number of aryl methyl sites for hydroxylation is 2. The fourth-order valence-electron chi connectivity index (χ4n) is 2.96. The first-order valence-electron chi connectivity index (χ1n) is 10.1. The van der Waals surface area contributed by atoms with Crippen molar-refractivity contribution in [3.05, 3.63) is 59.7 Å². The van der Waals surface area contributed by atoms with Crippen molar-refractivity contribution in [3.8, 4) is 11.5 Å². The van der Waals surface area contributed by atoms with Crippen LogP contribution in [0, 0.1) is 0 Å². The zero-order valence-electron chi connectivity index (χ0n) is 18.6. The first-order valence-corrected chi connectivity index (χ1v) is 11.7. The highest BCUT2D eigenvalue weighted by molar-refractivity contribution is 7.50. The third-order valence-corrected chi connectivity index (χ3v) is 5.62. The normalized spacial score (nSPS) is 14.3. The van der Waals surface area contributed by atoms with Crippen LogP contribution in [0.25, 0.3) is 0 Å². The molecule has 2 unspecified atom stereocenters. The summed E-state index contributed by atoms with van der Waals surface area (Å²) in [5.41, 5.74) is 2.29. The van der Waals surface area contributed by atoms with Gasteiger partial charge in [0, 0.05) is 6.54 Å². The Morgan fingerprint density at radius 1 is 1.13 bits per heavy atom. The van der Waals surface area contributed by atoms with Crippen LogP contribution in [0.4, 0.5) is 0 Å². The summed E-state index contributed by atoms with van der Waals surface area (Å²) in [7, 11) is 3.02. The number of methoxy groups -OCH3 is 1. The van der Waals surface area contributed by atoms with Gasteiger partial charge < -0.3 is 24.0 Å². The topological polar surface area (TPSA) is 89.5 Å². The van der Waals surface area contributed by atoms with Crippen molar-refractivity contribution in [1.82, 2.24) is 9.99 Å². The summed E-state index contributed by atoms with van der Waals surface area (Å²) in [5, 5.41) is 2.22. The molecule has 0 amide bonds. The maximum Gasteiger partial charge on any atom is 0.404 e. The van der Waals surface area contributed by atoms with E-state index in [4.69, 9.17) is 18.7 Å². The smallest absolute Gasteiger partial charge is 0.404 e. The predicted octanol–water partition coefficient (Wildman–Crippen LogP) is 3.10. The number of para-hydroxylation sites is 1. The molecular weight excluding hydrogens is 419 g/mol. The van der Waals surface area contributed by atoms with Gasteiger partial charge in [-0.15, -0.1) is 0 Å². The highest BCUT2D eigenvalue weighted by atomic mass is 31.2. The lowest BCUT2D eigenvalue weighted by Crippen LogP contribution is -2.34. The lowest BCUT2D eigenvalue weighted by Gasteiger charge is -2.23. The van der Waals surface area contributed by atoms with Crippen LogP contribution in [0.3, 0.4) is 0 Å². The van der Waals surface area contributed by atoms with Crippen molar-refractivity contribution < 1.29 is 28.2 Å². The molecule has 0 saturated heterocycles. The van der Waals surface area contributed by atoms with Gasteiger partial charge in [0.25, 0.3) is 0 Å². The molecule has 31 heavy (non-hydrogen) atoms. The van der Waals surface area contributed by atoms with E-state index in [1.54, 1.807) is 7.11 Å². The number of nitrogens with one attached hydrogen (secondary N) is 1. The number of ether oxygens (including phenoxy) is 3. The molecule has 0 aliphatic carbocycles. The monoisotopic (exact) mass is 452 g/mol. The Labute approximate surface area is 184 Å². The Balaban J connectivity index is 1.95. The van der Waals surface area contributed by atoms with Crippen molar-refractivity contribution in [2.75, 3.05) is 48.2 Å². The lowest BCUT2D eigenvalue weighted by atomic mass is 10.0. The Hall–Kier alpha value is -1.93. The number of hydrogen-bond donors (Lipinski definition) is 2. The van der Waals surface area contributed by atoms with Crippen molar-refractivity contribution >= 4 is 7.75 Å². The summed E-state index contributed by atoms with van der Waals surface area (Å²) in [6, 6.07) is 16.0. The largest absolute Gasteiger partial charge is 0.497 e. The number of nitrogens with zero attached hydrogens (tertiary/aromatic N) is 1. The van der Waals surface area contributed by atoms with E-state index < -0.39 is 7.75 Å². The molecule has 0 spiro atoms. The van der Waals surface area contributed by atoms with Gasteiger partial charge in [-0.3, -0.25) is 4.52 Å². The van der Waals surface area contributed by atoms with Gasteiger partial charge in [-0.1, -0.05) is 30.3 Å². The average Bonchev–Trinajstić information content (AvgIpc) is 2.76. The molecule has 0 fully saturated rings. The SMILES string of the molecule is CNP(=O)(O)OCOC(COc1ccccc1CCc1cccc(OC)c1)CN(C)C. The lowest BCUT2D eigenvalue weighted by molar-refractivity contribution is -0.0640. The van der Waals surface area contributed by atoms with Gasteiger partial charge in [0.2, 0.25) is 0 Å². The molecule has 172 valence electrons. The summed E-state index contributed by atoms with van der Waals surface area (Å²) in [4.78, 5) is 11.4. The van der Waals surface area contributed by atoms with Crippen LogP contribution in [0.5, 0.6) is 11.5 Å². The summed E-state index contributed by atoms with van der Waals surface area (Å²) in [5.74, 6) is 1.64. The second kappa shape index (κ2) is 12.8. The third-order valence-electron chi connectivity index (χ3n) is 4.60. The van der Waals surface area contributed by atoms with Crippen LogP contribution in [0.2, 0.25) is 0 Å². The molecule has 0 heterocycles. The van der Waals surface area contributed by atoms with Crippen LogP contribution in [-0.4, -0.2) is 64.1 Å². The fraction of sp³-hybridized carbons (Fsp3) is 0.455. The van der Waals surface area contributed by atoms with Gasteiger partial charge in [-0.05, 0) is 63.3 Å². The van der Waals surface area contributed by atoms with Gasteiger partial charge >= 0.3 is 7.75 Å². The van der Waals surface area contributed by atoms with E-state index in [0.29, 0.717) is 6.54 Å². The van der Waals surface area contributed by atoms with E-state index in [1.807, 2.05) is 55.4 Å². The number of likely N-dealkylation sites (N-methyl/N-ethyl adjacent to an activating group) is 1. The number of benzene rings is 2. The molecule has 0 aliphatic rings. The van der Waals surface area contributed by atoms with Gasteiger partial charge in [0.1, 0.15) is 24.2 Å². The molecule has 0 aliphatic heterocycles. The molecule has 0 bridgehead atoms. The molecular formula is C22H33N2O6P. The molecule has 0 saturated carbocycles. The Bertz CT molecular complexity index is 848. The zero-order valence-corrected chi connectivity index (χ0v) is 19.5. The van der Waals surface area contributed by atoms with Crippen molar-refractivity contribution in [1.29, 1.82) is 0 Å². The quantitative estimate of drug-likeness (QED) is 0.334. The molecule has 2 atom stereocenters. The van der Waals surface area contributed by atoms with E-state index in [9.17, 15) is 9.46 Å². The van der Waals surface area contributed by atoms with Crippen LogP contribution in [0.1, 0.15) is 11.1 Å². The van der Waals surface area contributed by atoms with Crippen molar-refractivity contribution in [3.63, 3.8) is 0 Å². The summed E-state index contributed by atoms with van der Waals surface area (Å²) >= 11 is 0. The van der Waals surface area contributed by atoms with E-state index in [1.165, 1.54) is 12.6 Å². The van der Waals surface area contributed by atoms with Crippen molar-refractivity contribution in [2.24, 2.45) is 0 Å². The summed E-state index contributed by atoms with van der Waals surface area (Å²) < 4.78 is 33.4. The second-order valence-electron chi connectivity index (χ2n) is 7.31. The molecule has 2 aromatic carbocycles. The van der Waals surface area contributed by atoms with Gasteiger partial charge in [0.05, 0.1) is 7.11 Å². The number of rotatable bonds is 14. The highest BCUT2D eigenvalue weighted by Gasteiger charge is 2.19. The third kappa shape index (κ3) is 9.39. The second-order valence-corrected chi connectivity index (χ2v) is 9.06. The van der Waals surface area contributed by atoms with Crippen LogP contribution >= 0.6 is 7.75 Å². The first-order chi connectivity index (χ1) is 14.8. The fourth-order valence-corrected chi connectivity index (χ4v) is 3.30. The molecule has 8 nitrogen and oxygen atoms in total. The molecule has 0 radical (unpaired) electrons. The standard InChI is InChI=1S/C22H33N2O6P/c1-23-31(25,26)30-17-29-21(15-24(2)3)16-28-22-11-6-5-9-19(22)13-12-18-8-7-10-20(14-18)27-4/h5-11,14,21H,12-13,15-17H2,1-4H3,(H2,23,25,26). The molecule has 2 rings (SSSR count). The summed E-state index contributed by atoms with van der Waals surface area (Å²) in [6.07, 6.45) is 1.35. The van der Waals surface area contributed by atoms with Crippen molar-refractivity contribution in [2.45, 2.75) is 18.9 Å². The van der Waals surface area contributed by atoms with Gasteiger partial charge in [-0.2, -0.15) is 0 Å². The van der Waals surface area contributed by atoms with E-state index in [2.05, 4.69) is 17.2 Å². The van der Waals surface area contributed by atoms with Crippen LogP contribution in [-0.2, 0) is 26.7 Å². The maximum atomic E-state index is 11.5. The maximum absolute atomic E-state index is 11.5. The Kier molecular flexibility index (Phi) is 10.5. The van der Waals surface area contributed by atoms with E-state index in [0.717, 1.165) is 29.9 Å². The Morgan fingerprint density at radius 3 is 2.61 bits per heavy atom. The zero-order chi connectivity index (χ0) is 22.7. The molecule has 2 N–H and O–H groups in total. The van der Waals surface area contributed by atoms with Gasteiger partial charge in [0.15, 0.2) is 6.79 Å². The molecule has 0 aromatic heterocycles. The molecule has 9 heteroatoms. The average molecular weight is 452 g/mol. The van der Waals surface area contributed by atoms with E-state index in [-0.39, 0.29) is 19.5 Å². The van der Waals surface area contributed by atoms with E-state index >= 15 is 0 Å². The molecule has 2 aromatic rings. The first kappa shape index (κ1) is 25.3. The minimum absolute atomic E-state index is 0.285. The number of hydrogen-bond acceptors (Lipinski definition) is 6. The minimum Gasteiger partial charge on any atom is -0.497 e. The predicted molar refractivity (Wildman–Crippen MR) is 121 cm³/mol. The van der Waals surface area contributed by atoms with Crippen LogP contribution < -0.4 is 14.6 Å². The Morgan fingerprint density at radius 2 is 1.90 bits per heavy atom. The minimum atomic E-state index is -3.83. The summed E-state index contributed by atoms with van der Waals surface area (Å²) in [6.45, 7) is 0.547.